The Bertz CT molecular complexity index is 747. The van der Waals surface area contributed by atoms with E-state index in [1.165, 1.54) is 0 Å². The molecule has 0 heterocycles. The van der Waals surface area contributed by atoms with Crippen molar-refractivity contribution in [1.29, 1.82) is 5.26 Å². The quantitative estimate of drug-likeness (QED) is 0.917. The van der Waals surface area contributed by atoms with E-state index in [0.29, 0.717) is 12.2 Å². The molecule has 4 nitrogen and oxygen atoms in total. The van der Waals surface area contributed by atoms with Crippen LogP contribution < -0.4 is 10.1 Å². The van der Waals surface area contributed by atoms with Crippen LogP contribution in [0.5, 0.6) is 5.75 Å². The van der Waals surface area contributed by atoms with Crippen molar-refractivity contribution in [2.24, 2.45) is 5.92 Å². The summed E-state index contributed by atoms with van der Waals surface area (Å²) in [6.07, 6.45) is 0.317. The SMILES string of the molecule is COc1ccccc1C[C@@H](C#N)C(=O)Nc1cc(C)ccc1C. The molecule has 0 aliphatic rings. The highest BCUT2D eigenvalue weighted by atomic mass is 16.5. The fourth-order valence-electron chi connectivity index (χ4n) is 2.38. The van der Waals surface area contributed by atoms with Gasteiger partial charge in [0, 0.05) is 12.1 Å². The number of nitrogens with zero attached hydrogens (tertiary/aromatic N) is 1. The molecule has 1 amide bonds. The van der Waals surface area contributed by atoms with Gasteiger partial charge < -0.3 is 10.1 Å². The van der Waals surface area contributed by atoms with Gasteiger partial charge in [0.1, 0.15) is 11.7 Å². The number of aryl methyl sites for hydroxylation is 2. The minimum Gasteiger partial charge on any atom is -0.496 e. The van der Waals surface area contributed by atoms with Crippen molar-refractivity contribution in [1.82, 2.24) is 0 Å². The summed E-state index contributed by atoms with van der Waals surface area (Å²) in [4.78, 5) is 12.4. The molecule has 118 valence electrons. The van der Waals surface area contributed by atoms with Gasteiger partial charge in [0.2, 0.25) is 5.91 Å². The van der Waals surface area contributed by atoms with E-state index in [1.807, 2.05) is 56.3 Å². The smallest absolute Gasteiger partial charge is 0.242 e. The van der Waals surface area contributed by atoms with Gasteiger partial charge in [-0.3, -0.25) is 4.79 Å². The fraction of sp³-hybridized carbons (Fsp3) is 0.263. The lowest BCUT2D eigenvalue weighted by Gasteiger charge is -2.14. The number of para-hydroxylation sites is 1. The van der Waals surface area contributed by atoms with Crippen LogP contribution in [0.25, 0.3) is 0 Å². The lowest BCUT2D eigenvalue weighted by Crippen LogP contribution is -2.24. The van der Waals surface area contributed by atoms with Crippen molar-refractivity contribution in [3.63, 3.8) is 0 Å². The number of hydrogen-bond acceptors (Lipinski definition) is 3. The number of methoxy groups -OCH3 is 1. The van der Waals surface area contributed by atoms with E-state index >= 15 is 0 Å². The number of benzene rings is 2. The molecule has 0 aromatic heterocycles. The molecule has 0 fully saturated rings. The highest BCUT2D eigenvalue weighted by Gasteiger charge is 2.20. The Morgan fingerprint density at radius 1 is 1.26 bits per heavy atom. The van der Waals surface area contributed by atoms with Gasteiger partial charge in [0.05, 0.1) is 13.2 Å². The normalized spacial score (nSPS) is 11.4. The monoisotopic (exact) mass is 308 g/mol. The highest BCUT2D eigenvalue weighted by Crippen LogP contribution is 2.22. The Morgan fingerprint density at radius 3 is 2.70 bits per heavy atom. The van der Waals surface area contributed by atoms with Gasteiger partial charge in [-0.1, -0.05) is 30.3 Å². The third kappa shape index (κ3) is 4.10. The van der Waals surface area contributed by atoms with E-state index in [4.69, 9.17) is 4.74 Å². The zero-order chi connectivity index (χ0) is 16.8. The molecule has 0 aliphatic carbocycles. The first-order chi connectivity index (χ1) is 11.0. The molecule has 1 atom stereocenters. The van der Waals surface area contributed by atoms with Crippen LogP contribution in [0.3, 0.4) is 0 Å². The number of carbonyl (C=O) groups excluding carboxylic acids is 1. The Balaban J connectivity index is 2.16. The second kappa shape index (κ2) is 7.46. The molecule has 0 spiro atoms. The predicted molar refractivity (Wildman–Crippen MR) is 90.3 cm³/mol. The van der Waals surface area contributed by atoms with Crippen LogP contribution in [0.1, 0.15) is 16.7 Å². The van der Waals surface area contributed by atoms with Crippen molar-refractivity contribution in [2.75, 3.05) is 12.4 Å². The van der Waals surface area contributed by atoms with E-state index in [-0.39, 0.29) is 5.91 Å². The fourth-order valence-corrected chi connectivity index (χ4v) is 2.38. The van der Waals surface area contributed by atoms with E-state index in [2.05, 4.69) is 11.4 Å². The molecule has 0 bridgehead atoms. The van der Waals surface area contributed by atoms with Crippen molar-refractivity contribution in [3.05, 3.63) is 59.2 Å². The summed E-state index contributed by atoms with van der Waals surface area (Å²) in [7, 11) is 1.58. The number of hydrogen-bond donors (Lipinski definition) is 1. The average molecular weight is 308 g/mol. The molecule has 2 aromatic rings. The highest BCUT2D eigenvalue weighted by molar-refractivity contribution is 5.95. The maximum atomic E-state index is 12.4. The summed E-state index contributed by atoms with van der Waals surface area (Å²) in [5.41, 5.74) is 3.62. The second-order valence-corrected chi connectivity index (χ2v) is 5.51. The number of nitrogens with one attached hydrogen (secondary N) is 1. The lowest BCUT2D eigenvalue weighted by molar-refractivity contribution is -0.118. The van der Waals surface area contributed by atoms with Crippen LogP contribution in [0.2, 0.25) is 0 Å². The number of ether oxygens (including phenoxy) is 1. The summed E-state index contributed by atoms with van der Waals surface area (Å²) in [6, 6.07) is 15.4. The Hall–Kier alpha value is -2.80. The van der Waals surface area contributed by atoms with Crippen LogP contribution in [-0.4, -0.2) is 13.0 Å². The van der Waals surface area contributed by atoms with Crippen LogP contribution in [0.15, 0.2) is 42.5 Å². The minimum atomic E-state index is -0.772. The largest absolute Gasteiger partial charge is 0.496 e. The molecule has 4 heteroatoms. The summed E-state index contributed by atoms with van der Waals surface area (Å²) in [5.74, 6) is -0.384. The Kier molecular flexibility index (Phi) is 5.37. The first kappa shape index (κ1) is 16.6. The van der Waals surface area contributed by atoms with Gasteiger partial charge in [-0.05, 0) is 42.7 Å². The minimum absolute atomic E-state index is 0.299. The van der Waals surface area contributed by atoms with Crippen LogP contribution in [0.4, 0.5) is 5.69 Å². The van der Waals surface area contributed by atoms with Gasteiger partial charge in [-0.2, -0.15) is 5.26 Å². The first-order valence-electron chi connectivity index (χ1n) is 7.44. The summed E-state index contributed by atoms with van der Waals surface area (Å²) >= 11 is 0. The number of nitriles is 1. The summed E-state index contributed by atoms with van der Waals surface area (Å²) in [5, 5.41) is 12.2. The Morgan fingerprint density at radius 2 is 2.00 bits per heavy atom. The first-order valence-corrected chi connectivity index (χ1v) is 7.44. The molecule has 0 saturated carbocycles. The van der Waals surface area contributed by atoms with Gasteiger partial charge >= 0.3 is 0 Å². The summed E-state index contributed by atoms with van der Waals surface area (Å²) in [6.45, 7) is 3.89. The number of rotatable bonds is 5. The van der Waals surface area contributed by atoms with Gasteiger partial charge in [-0.15, -0.1) is 0 Å². The average Bonchev–Trinajstić information content (AvgIpc) is 2.56. The van der Waals surface area contributed by atoms with Gasteiger partial charge in [0.15, 0.2) is 0 Å². The number of anilines is 1. The molecule has 23 heavy (non-hydrogen) atoms. The number of amides is 1. The van der Waals surface area contributed by atoms with Gasteiger partial charge in [0.25, 0.3) is 0 Å². The molecule has 0 radical (unpaired) electrons. The van der Waals surface area contributed by atoms with E-state index in [1.54, 1.807) is 7.11 Å². The van der Waals surface area contributed by atoms with Crippen LogP contribution >= 0.6 is 0 Å². The predicted octanol–water partition coefficient (Wildman–Crippen LogP) is 3.63. The number of carbonyl (C=O) groups is 1. The van der Waals surface area contributed by atoms with Crippen molar-refractivity contribution >= 4 is 11.6 Å². The van der Waals surface area contributed by atoms with Crippen molar-refractivity contribution in [3.8, 4) is 11.8 Å². The molecule has 1 N–H and O–H groups in total. The van der Waals surface area contributed by atoms with Crippen LogP contribution in [-0.2, 0) is 11.2 Å². The van der Waals surface area contributed by atoms with Crippen LogP contribution in [0, 0.1) is 31.1 Å². The van der Waals surface area contributed by atoms with Crippen molar-refractivity contribution < 1.29 is 9.53 Å². The van der Waals surface area contributed by atoms with E-state index in [9.17, 15) is 10.1 Å². The summed E-state index contributed by atoms with van der Waals surface area (Å²) < 4.78 is 5.28. The zero-order valence-electron chi connectivity index (χ0n) is 13.6. The molecule has 2 aromatic carbocycles. The van der Waals surface area contributed by atoms with E-state index < -0.39 is 5.92 Å². The van der Waals surface area contributed by atoms with E-state index in [0.717, 1.165) is 22.4 Å². The maximum Gasteiger partial charge on any atom is 0.242 e. The lowest BCUT2D eigenvalue weighted by atomic mass is 9.98. The molecular weight excluding hydrogens is 288 g/mol. The molecule has 0 saturated heterocycles. The third-order valence-corrected chi connectivity index (χ3v) is 3.74. The zero-order valence-corrected chi connectivity index (χ0v) is 13.6. The molecular formula is C19H20N2O2. The molecule has 0 aliphatic heterocycles. The maximum absolute atomic E-state index is 12.4. The van der Waals surface area contributed by atoms with Crippen molar-refractivity contribution in [2.45, 2.75) is 20.3 Å². The molecule has 2 rings (SSSR count). The second-order valence-electron chi connectivity index (χ2n) is 5.51. The van der Waals surface area contributed by atoms with Gasteiger partial charge in [-0.25, -0.2) is 0 Å². The standard InChI is InChI=1S/C19H20N2O2/c1-13-8-9-14(2)17(10-13)21-19(22)16(12-20)11-15-6-4-5-7-18(15)23-3/h4-10,16H,11H2,1-3H3,(H,21,22)/t16-/m0/s1. The Labute approximate surface area is 136 Å². The topological polar surface area (TPSA) is 62.1 Å². The molecule has 0 unspecified atom stereocenters. The third-order valence-electron chi connectivity index (χ3n) is 3.74.